The van der Waals surface area contributed by atoms with Crippen molar-refractivity contribution in [2.75, 3.05) is 19.9 Å². The van der Waals surface area contributed by atoms with E-state index < -0.39 is 5.54 Å². The first-order chi connectivity index (χ1) is 10.0. The molecule has 0 aliphatic carbocycles. The quantitative estimate of drug-likeness (QED) is 0.656. The summed E-state index contributed by atoms with van der Waals surface area (Å²) in [6.07, 6.45) is 4.08. The number of rotatable bonds is 2. The number of esters is 1. The highest BCUT2D eigenvalue weighted by Gasteiger charge is 2.58. The second-order valence-electron chi connectivity index (χ2n) is 6.13. The van der Waals surface area contributed by atoms with Crippen LogP contribution in [0.5, 0.6) is 0 Å². The first kappa shape index (κ1) is 14.9. The summed E-state index contributed by atoms with van der Waals surface area (Å²) in [7, 11) is 3.55. The van der Waals surface area contributed by atoms with Crippen LogP contribution in [-0.4, -0.2) is 36.6 Å². The number of piperidine rings is 1. The van der Waals surface area contributed by atoms with Gasteiger partial charge in [-0.05, 0) is 66.4 Å². The largest absolute Gasteiger partial charge is 0.468 e. The second kappa shape index (κ2) is 5.29. The molecule has 4 nitrogen and oxygen atoms in total. The van der Waals surface area contributed by atoms with Gasteiger partial charge in [0.05, 0.1) is 7.11 Å². The molecule has 3 rings (SSSR count). The van der Waals surface area contributed by atoms with Gasteiger partial charge in [0.2, 0.25) is 0 Å². The van der Waals surface area contributed by atoms with Crippen molar-refractivity contribution >= 4 is 27.6 Å². The second-order valence-corrected chi connectivity index (χ2v) is 6.98. The zero-order valence-corrected chi connectivity index (χ0v) is 14.0. The topological polar surface area (TPSA) is 55.6 Å². The molecule has 2 fully saturated rings. The highest BCUT2D eigenvalue weighted by molar-refractivity contribution is 9.10. The van der Waals surface area contributed by atoms with Gasteiger partial charge in [0.1, 0.15) is 5.54 Å². The maximum Gasteiger partial charge on any atom is 0.326 e. The van der Waals surface area contributed by atoms with Gasteiger partial charge in [0.25, 0.3) is 0 Å². The molecule has 114 valence electrons. The monoisotopic (exact) mass is 352 g/mol. The average molecular weight is 353 g/mol. The Bertz CT molecular complexity index is 577. The molecule has 0 amide bonds. The van der Waals surface area contributed by atoms with E-state index >= 15 is 0 Å². The summed E-state index contributed by atoms with van der Waals surface area (Å²) in [6.45, 7) is 0. The first-order valence-electron chi connectivity index (χ1n) is 7.37. The molecule has 0 aromatic heterocycles. The van der Waals surface area contributed by atoms with Crippen molar-refractivity contribution in [1.82, 2.24) is 4.90 Å². The number of nitrogens with zero attached hydrogens (tertiary/aromatic N) is 1. The minimum atomic E-state index is -0.521. The Balaban J connectivity index is 2.07. The molecule has 2 N–H and O–H groups in total. The standard InChI is InChI=1S/C16H21BrN2O2/c1-19-11-4-5-12(10-3-6-14(18)13(17)9-10)16(19,8-7-11)15(20)21-2/h3,6,9,11-12H,4-5,7-8,18H2,1-2H3/t11-,12?,16-/m1/s1. The summed E-state index contributed by atoms with van der Waals surface area (Å²) in [5.74, 6) is 0.0516. The third-order valence-corrected chi connectivity index (χ3v) is 6.05. The zero-order valence-electron chi connectivity index (χ0n) is 12.4. The molecular weight excluding hydrogens is 332 g/mol. The number of carbonyl (C=O) groups excluding carboxylic acids is 1. The van der Waals surface area contributed by atoms with Crippen LogP contribution in [0.2, 0.25) is 0 Å². The van der Waals surface area contributed by atoms with Gasteiger partial charge >= 0.3 is 5.97 Å². The minimum absolute atomic E-state index is 0.106. The van der Waals surface area contributed by atoms with E-state index in [9.17, 15) is 4.79 Å². The number of nitrogens with two attached hydrogens (primary N) is 1. The summed E-state index contributed by atoms with van der Waals surface area (Å²) in [5, 5.41) is 0. The number of fused-ring (bicyclic) bond motifs is 2. The number of likely N-dealkylation sites (N-methyl/N-ethyl adjacent to an activating group) is 1. The fourth-order valence-corrected chi connectivity index (χ4v) is 4.60. The predicted molar refractivity (Wildman–Crippen MR) is 86.1 cm³/mol. The van der Waals surface area contributed by atoms with Crippen LogP contribution in [0.4, 0.5) is 5.69 Å². The molecule has 1 aromatic carbocycles. The molecule has 21 heavy (non-hydrogen) atoms. The Morgan fingerprint density at radius 2 is 2.19 bits per heavy atom. The van der Waals surface area contributed by atoms with Gasteiger partial charge < -0.3 is 10.5 Å². The summed E-state index contributed by atoms with van der Waals surface area (Å²) >= 11 is 3.50. The van der Waals surface area contributed by atoms with E-state index in [2.05, 4.69) is 33.9 Å². The van der Waals surface area contributed by atoms with Crippen LogP contribution >= 0.6 is 15.9 Å². The van der Waals surface area contributed by atoms with Crippen molar-refractivity contribution in [1.29, 1.82) is 0 Å². The molecule has 1 aromatic rings. The summed E-state index contributed by atoms with van der Waals surface area (Å²) < 4.78 is 6.06. The maximum absolute atomic E-state index is 12.6. The van der Waals surface area contributed by atoms with Crippen molar-refractivity contribution in [3.05, 3.63) is 28.2 Å². The van der Waals surface area contributed by atoms with Crippen LogP contribution in [0, 0.1) is 0 Å². The Morgan fingerprint density at radius 3 is 2.86 bits per heavy atom. The molecule has 5 heteroatoms. The fraction of sp³-hybridized carbons (Fsp3) is 0.562. The summed E-state index contributed by atoms with van der Waals surface area (Å²) in [5.41, 5.74) is 7.25. The molecule has 2 aliphatic rings. The number of halogens is 1. The number of anilines is 1. The van der Waals surface area contributed by atoms with E-state index in [1.54, 1.807) is 0 Å². The number of ether oxygens (including phenoxy) is 1. The van der Waals surface area contributed by atoms with Crippen molar-refractivity contribution in [2.24, 2.45) is 0 Å². The van der Waals surface area contributed by atoms with Crippen molar-refractivity contribution < 1.29 is 9.53 Å². The molecule has 0 radical (unpaired) electrons. The number of carbonyl (C=O) groups is 1. The van der Waals surface area contributed by atoms with Gasteiger partial charge in [-0.15, -0.1) is 0 Å². The predicted octanol–water partition coefficient (Wildman–Crippen LogP) is 2.91. The van der Waals surface area contributed by atoms with E-state index in [1.165, 1.54) is 7.11 Å². The molecule has 0 saturated carbocycles. The zero-order chi connectivity index (χ0) is 15.2. The highest BCUT2D eigenvalue weighted by Crippen LogP contribution is 2.52. The van der Waals surface area contributed by atoms with E-state index in [4.69, 9.17) is 10.5 Å². The molecule has 1 unspecified atom stereocenters. The fourth-order valence-electron chi connectivity index (χ4n) is 4.21. The third kappa shape index (κ3) is 2.09. The molecule has 2 saturated heterocycles. The molecule has 0 spiro atoms. The van der Waals surface area contributed by atoms with Gasteiger partial charge in [0, 0.05) is 22.1 Å². The SMILES string of the molecule is COC(=O)[C@@]12CC[C@@H](CCC1c1ccc(N)c(Br)c1)N2C. The Labute approximate surface area is 133 Å². The van der Waals surface area contributed by atoms with Crippen molar-refractivity contribution in [2.45, 2.75) is 43.2 Å². The van der Waals surface area contributed by atoms with E-state index in [1.807, 2.05) is 12.1 Å². The summed E-state index contributed by atoms with van der Waals surface area (Å²) in [6, 6.07) is 6.50. The van der Waals surface area contributed by atoms with Gasteiger partial charge in [-0.1, -0.05) is 6.07 Å². The Hall–Kier alpha value is -1.07. The van der Waals surface area contributed by atoms with Gasteiger partial charge in [0.15, 0.2) is 0 Å². The van der Waals surface area contributed by atoms with Crippen molar-refractivity contribution in [3.63, 3.8) is 0 Å². The van der Waals surface area contributed by atoms with Crippen LogP contribution in [-0.2, 0) is 9.53 Å². The van der Waals surface area contributed by atoms with Crippen LogP contribution in [0.3, 0.4) is 0 Å². The van der Waals surface area contributed by atoms with Crippen LogP contribution in [0.25, 0.3) is 0 Å². The average Bonchev–Trinajstić information content (AvgIpc) is 2.70. The summed E-state index contributed by atoms with van der Waals surface area (Å²) in [4.78, 5) is 14.8. The lowest BCUT2D eigenvalue weighted by Gasteiger charge is -2.46. The minimum Gasteiger partial charge on any atom is -0.468 e. The van der Waals surface area contributed by atoms with Gasteiger partial charge in [-0.25, -0.2) is 0 Å². The Kier molecular flexibility index (Phi) is 3.74. The highest BCUT2D eigenvalue weighted by atomic mass is 79.9. The molecule has 2 bridgehead atoms. The number of hydrogen-bond donors (Lipinski definition) is 1. The van der Waals surface area contributed by atoms with Crippen LogP contribution < -0.4 is 5.73 Å². The third-order valence-electron chi connectivity index (χ3n) is 5.37. The van der Waals surface area contributed by atoms with Gasteiger partial charge in [-0.3, -0.25) is 9.69 Å². The number of methoxy groups -OCH3 is 1. The smallest absolute Gasteiger partial charge is 0.326 e. The Morgan fingerprint density at radius 1 is 1.43 bits per heavy atom. The molecular formula is C16H21BrN2O2. The first-order valence-corrected chi connectivity index (χ1v) is 8.16. The molecule has 2 heterocycles. The van der Waals surface area contributed by atoms with E-state index in [0.29, 0.717) is 6.04 Å². The lowest BCUT2D eigenvalue weighted by Crippen LogP contribution is -2.58. The van der Waals surface area contributed by atoms with Crippen LogP contribution in [0.1, 0.15) is 37.2 Å². The lowest BCUT2D eigenvalue weighted by molar-refractivity contribution is -0.157. The van der Waals surface area contributed by atoms with E-state index in [-0.39, 0.29) is 11.9 Å². The molecule has 2 aliphatic heterocycles. The van der Waals surface area contributed by atoms with Crippen molar-refractivity contribution in [3.8, 4) is 0 Å². The maximum atomic E-state index is 12.6. The number of hydrogen-bond acceptors (Lipinski definition) is 4. The number of nitrogen functional groups attached to an aromatic ring is 1. The van der Waals surface area contributed by atoms with Crippen LogP contribution in [0.15, 0.2) is 22.7 Å². The molecule has 3 atom stereocenters. The number of benzene rings is 1. The van der Waals surface area contributed by atoms with E-state index in [0.717, 1.165) is 41.4 Å². The lowest BCUT2D eigenvalue weighted by atomic mass is 9.73. The van der Waals surface area contributed by atoms with Gasteiger partial charge in [-0.2, -0.15) is 0 Å². The normalized spacial score (nSPS) is 32.1.